The van der Waals surface area contributed by atoms with Gasteiger partial charge in [-0.15, -0.1) is 0 Å². The SMILES string of the molecule is CCCNC(=NCC1CCN(CC)C1)NCC. The van der Waals surface area contributed by atoms with Crippen molar-refractivity contribution < 1.29 is 0 Å². The summed E-state index contributed by atoms with van der Waals surface area (Å²) in [4.78, 5) is 7.18. The van der Waals surface area contributed by atoms with Crippen LogP contribution in [0.3, 0.4) is 0 Å². The minimum absolute atomic E-state index is 0.743. The monoisotopic (exact) mass is 240 g/mol. The van der Waals surface area contributed by atoms with E-state index in [1.807, 2.05) is 0 Å². The van der Waals surface area contributed by atoms with Crippen LogP contribution < -0.4 is 10.6 Å². The van der Waals surface area contributed by atoms with E-state index in [9.17, 15) is 0 Å². The Balaban J connectivity index is 2.32. The molecule has 17 heavy (non-hydrogen) atoms. The highest BCUT2D eigenvalue weighted by molar-refractivity contribution is 5.79. The molecule has 1 aliphatic rings. The Morgan fingerprint density at radius 1 is 1.29 bits per heavy atom. The lowest BCUT2D eigenvalue weighted by Crippen LogP contribution is -2.38. The Kier molecular flexibility index (Phi) is 7.01. The van der Waals surface area contributed by atoms with Crippen molar-refractivity contribution in [1.29, 1.82) is 0 Å². The summed E-state index contributed by atoms with van der Waals surface area (Å²) < 4.78 is 0. The average Bonchev–Trinajstić information content (AvgIpc) is 2.80. The van der Waals surface area contributed by atoms with Crippen LogP contribution in [0.4, 0.5) is 0 Å². The van der Waals surface area contributed by atoms with Gasteiger partial charge in [-0.2, -0.15) is 0 Å². The molecule has 100 valence electrons. The van der Waals surface area contributed by atoms with Gasteiger partial charge in [0.15, 0.2) is 5.96 Å². The van der Waals surface area contributed by atoms with E-state index in [0.29, 0.717) is 0 Å². The smallest absolute Gasteiger partial charge is 0.191 e. The van der Waals surface area contributed by atoms with E-state index in [0.717, 1.165) is 37.9 Å². The summed E-state index contributed by atoms with van der Waals surface area (Å²) in [7, 11) is 0. The first-order valence-corrected chi connectivity index (χ1v) is 7.04. The summed E-state index contributed by atoms with van der Waals surface area (Å²) in [5, 5.41) is 6.64. The maximum atomic E-state index is 4.67. The Morgan fingerprint density at radius 2 is 2.12 bits per heavy atom. The van der Waals surface area contributed by atoms with Crippen LogP contribution in [0, 0.1) is 5.92 Å². The fraction of sp³-hybridized carbons (Fsp3) is 0.923. The third-order valence-electron chi connectivity index (χ3n) is 3.21. The molecule has 1 heterocycles. The predicted octanol–water partition coefficient (Wildman–Crippen LogP) is 1.29. The standard InChI is InChI=1S/C13H28N4/c1-4-8-15-13(14-5-2)16-10-12-7-9-17(6-3)11-12/h12H,4-11H2,1-3H3,(H2,14,15,16). The lowest BCUT2D eigenvalue weighted by molar-refractivity contribution is 0.343. The van der Waals surface area contributed by atoms with E-state index in [-0.39, 0.29) is 0 Å². The average molecular weight is 240 g/mol. The minimum atomic E-state index is 0.743. The fourth-order valence-electron chi connectivity index (χ4n) is 2.15. The second-order valence-corrected chi connectivity index (χ2v) is 4.69. The van der Waals surface area contributed by atoms with Gasteiger partial charge in [0.05, 0.1) is 0 Å². The second kappa shape index (κ2) is 8.34. The predicted molar refractivity (Wildman–Crippen MR) is 74.5 cm³/mol. The number of aliphatic imine (C=N–C) groups is 1. The molecule has 0 spiro atoms. The molecular formula is C13H28N4. The molecule has 0 aromatic carbocycles. The van der Waals surface area contributed by atoms with E-state index in [1.165, 1.54) is 26.1 Å². The van der Waals surface area contributed by atoms with Gasteiger partial charge >= 0.3 is 0 Å². The Hall–Kier alpha value is -0.770. The molecule has 1 rings (SSSR count). The van der Waals surface area contributed by atoms with E-state index in [1.54, 1.807) is 0 Å². The van der Waals surface area contributed by atoms with Gasteiger partial charge in [0.25, 0.3) is 0 Å². The largest absolute Gasteiger partial charge is 0.357 e. The Morgan fingerprint density at radius 3 is 2.71 bits per heavy atom. The topological polar surface area (TPSA) is 39.7 Å². The zero-order chi connectivity index (χ0) is 12.5. The molecule has 2 N–H and O–H groups in total. The van der Waals surface area contributed by atoms with Crippen LogP contribution in [-0.2, 0) is 0 Å². The van der Waals surface area contributed by atoms with Crippen molar-refractivity contribution in [2.24, 2.45) is 10.9 Å². The summed E-state index contributed by atoms with van der Waals surface area (Å²) in [6.45, 7) is 13.0. The molecule has 0 aliphatic carbocycles. The first-order valence-electron chi connectivity index (χ1n) is 7.04. The van der Waals surface area contributed by atoms with Crippen molar-refractivity contribution in [3.8, 4) is 0 Å². The summed E-state index contributed by atoms with van der Waals surface area (Å²) in [6, 6.07) is 0. The molecule has 1 unspecified atom stereocenters. The highest BCUT2D eigenvalue weighted by atomic mass is 15.2. The van der Waals surface area contributed by atoms with Crippen LogP contribution in [0.1, 0.15) is 33.6 Å². The van der Waals surface area contributed by atoms with Gasteiger partial charge in [-0.1, -0.05) is 13.8 Å². The van der Waals surface area contributed by atoms with E-state index in [4.69, 9.17) is 0 Å². The van der Waals surface area contributed by atoms with E-state index >= 15 is 0 Å². The number of nitrogens with zero attached hydrogens (tertiary/aromatic N) is 2. The van der Waals surface area contributed by atoms with Gasteiger partial charge in [0, 0.05) is 26.2 Å². The summed E-state index contributed by atoms with van der Waals surface area (Å²) in [6.07, 6.45) is 2.43. The van der Waals surface area contributed by atoms with Gasteiger partial charge in [-0.3, -0.25) is 4.99 Å². The summed E-state index contributed by atoms with van der Waals surface area (Å²) in [5.41, 5.74) is 0. The summed E-state index contributed by atoms with van der Waals surface area (Å²) in [5.74, 6) is 1.72. The lowest BCUT2D eigenvalue weighted by atomic mass is 10.1. The zero-order valence-electron chi connectivity index (χ0n) is 11.6. The van der Waals surface area contributed by atoms with Gasteiger partial charge in [-0.05, 0) is 38.8 Å². The molecule has 1 atom stereocenters. The normalized spacial score (nSPS) is 21.8. The van der Waals surface area contributed by atoms with Crippen molar-refractivity contribution in [2.75, 3.05) is 39.3 Å². The van der Waals surface area contributed by atoms with Crippen LogP contribution in [0.2, 0.25) is 0 Å². The van der Waals surface area contributed by atoms with Crippen LogP contribution in [0.5, 0.6) is 0 Å². The number of hydrogen-bond acceptors (Lipinski definition) is 2. The summed E-state index contributed by atoms with van der Waals surface area (Å²) >= 11 is 0. The lowest BCUT2D eigenvalue weighted by Gasteiger charge is -2.13. The number of nitrogens with one attached hydrogen (secondary N) is 2. The van der Waals surface area contributed by atoms with Gasteiger partial charge in [0.1, 0.15) is 0 Å². The molecule has 0 aromatic rings. The first kappa shape index (κ1) is 14.3. The van der Waals surface area contributed by atoms with Crippen LogP contribution in [0.15, 0.2) is 4.99 Å². The highest BCUT2D eigenvalue weighted by Gasteiger charge is 2.20. The number of likely N-dealkylation sites (tertiary alicyclic amines) is 1. The van der Waals surface area contributed by atoms with Crippen LogP contribution in [0.25, 0.3) is 0 Å². The molecule has 4 nitrogen and oxygen atoms in total. The Bertz CT molecular complexity index is 227. The fourth-order valence-corrected chi connectivity index (χ4v) is 2.15. The Labute approximate surface area is 106 Å². The molecule has 0 amide bonds. The van der Waals surface area contributed by atoms with Crippen molar-refractivity contribution in [2.45, 2.75) is 33.6 Å². The highest BCUT2D eigenvalue weighted by Crippen LogP contribution is 2.15. The molecule has 0 saturated carbocycles. The quantitative estimate of drug-likeness (QED) is 0.543. The van der Waals surface area contributed by atoms with Gasteiger partial charge < -0.3 is 15.5 Å². The van der Waals surface area contributed by atoms with E-state index in [2.05, 4.69) is 41.3 Å². The van der Waals surface area contributed by atoms with E-state index < -0.39 is 0 Å². The van der Waals surface area contributed by atoms with Crippen molar-refractivity contribution in [3.63, 3.8) is 0 Å². The molecule has 0 aromatic heterocycles. The molecule has 1 aliphatic heterocycles. The van der Waals surface area contributed by atoms with Gasteiger partial charge in [0.2, 0.25) is 0 Å². The molecule has 1 fully saturated rings. The first-order chi connectivity index (χ1) is 8.30. The van der Waals surface area contributed by atoms with Gasteiger partial charge in [-0.25, -0.2) is 0 Å². The third kappa shape index (κ3) is 5.39. The zero-order valence-corrected chi connectivity index (χ0v) is 11.6. The maximum Gasteiger partial charge on any atom is 0.191 e. The third-order valence-corrected chi connectivity index (χ3v) is 3.21. The number of rotatable bonds is 6. The number of guanidine groups is 1. The molecule has 0 bridgehead atoms. The minimum Gasteiger partial charge on any atom is -0.357 e. The molecule has 1 saturated heterocycles. The van der Waals surface area contributed by atoms with Crippen LogP contribution >= 0.6 is 0 Å². The van der Waals surface area contributed by atoms with Crippen molar-refractivity contribution >= 4 is 5.96 Å². The molecule has 4 heteroatoms. The van der Waals surface area contributed by atoms with Crippen molar-refractivity contribution in [1.82, 2.24) is 15.5 Å². The number of hydrogen-bond donors (Lipinski definition) is 2. The van der Waals surface area contributed by atoms with Crippen LogP contribution in [-0.4, -0.2) is 50.1 Å². The molecule has 0 radical (unpaired) electrons. The maximum absolute atomic E-state index is 4.67. The molecular weight excluding hydrogens is 212 g/mol. The second-order valence-electron chi connectivity index (χ2n) is 4.69. The van der Waals surface area contributed by atoms with Crippen molar-refractivity contribution in [3.05, 3.63) is 0 Å².